The van der Waals surface area contributed by atoms with Gasteiger partial charge in [0.05, 0.1) is 12.5 Å². The topological polar surface area (TPSA) is 88.5 Å². The summed E-state index contributed by atoms with van der Waals surface area (Å²) in [5, 5.41) is 12.1. The van der Waals surface area contributed by atoms with Crippen LogP contribution >= 0.6 is 0 Å². The Kier molecular flexibility index (Phi) is 6.51. The quantitative estimate of drug-likeness (QED) is 0.769. The number of aliphatic carboxylic acids is 1. The molecule has 0 saturated carbocycles. The minimum absolute atomic E-state index is 0.0303. The Hall–Kier alpha value is -2.89. The fourth-order valence-electron chi connectivity index (χ4n) is 2.50. The van der Waals surface area contributed by atoms with Crippen LogP contribution in [0.1, 0.15) is 28.4 Å². The Bertz CT molecular complexity index is 746. The van der Waals surface area contributed by atoms with E-state index in [1.165, 1.54) is 0 Å². The van der Waals surface area contributed by atoms with Crippen molar-refractivity contribution in [2.75, 3.05) is 13.2 Å². The third-order valence-electron chi connectivity index (χ3n) is 3.72. The predicted octanol–water partition coefficient (Wildman–Crippen LogP) is 2.46. The summed E-state index contributed by atoms with van der Waals surface area (Å²) in [6, 6.07) is 10.9. The van der Waals surface area contributed by atoms with Gasteiger partial charge in [-0.1, -0.05) is 29.8 Å². The van der Waals surface area contributed by atoms with E-state index in [1.807, 2.05) is 31.2 Å². The minimum Gasteiger partial charge on any atom is -0.481 e. The zero-order valence-corrected chi connectivity index (χ0v) is 14.4. The number of pyridine rings is 1. The van der Waals surface area contributed by atoms with Gasteiger partial charge >= 0.3 is 5.97 Å². The number of amides is 1. The van der Waals surface area contributed by atoms with Crippen LogP contribution in [0.2, 0.25) is 0 Å². The summed E-state index contributed by atoms with van der Waals surface area (Å²) in [6.07, 6.45) is 1.89. The normalized spacial score (nSPS) is 11.6. The molecule has 1 heterocycles. The van der Waals surface area contributed by atoms with Crippen molar-refractivity contribution in [1.29, 1.82) is 0 Å². The van der Waals surface area contributed by atoms with Crippen LogP contribution in [-0.4, -0.2) is 35.1 Å². The first-order valence-electron chi connectivity index (χ1n) is 8.15. The molecule has 2 N–H and O–H groups in total. The van der Waals surface area contributed by atoms with Crippen LogP contribution in [0.15, 0.2) is 42.6 Å². The zero-order chi connectivity index (χ0) is 18.2. The lowest BCUT2D eigenvalue weighted by molar-refractivity contribution is -0.141. The number of carboxylic acid groups (broad SMARTS) is 1. The molecule has 1 unspecified atom stereocenters. The van der Waals surface area contributed by atoms with E-state index < -0.39 is 17.8 Å². The van der Waals surface area contributed by atoms with E-state index in [1.54, 1.807) is 25.3 Å². The van der Waals surface area contributed by atoms with Crippen LogP contribution in [0.3, 0.4) is 0 Å². The third-order valence-corrected chi connectivity index (χ3v) is 3.72. The number of benzene rings is 1. The number of nitrogens with zero attached hydrogens (tertiary/aromatic N) is 1. The maximum absolute atomic E-state index is 12.3. The highest BCUT2D eigenvalue weighted by molar-refractivity contribution is 5.96. The average molecular weight is 342 g/mol. The molecule has 1 aromatic heterocycles. The Morgan fingerprint density at radius 2 is 2.08 bits per heavy atom. The summed E-state index contributed by atoms with van der Waals surface area (Å²) >= 11 is 0. The molecule has 0 radical (unpaired) electrons. The molecule has 0 bridgehead atoms. The van der Waals surface area contributed by atoms with E-state index in [0.717, 1.165) is 11.1 Å². The number of carbonyl (C=O) groups is 2. The Labute approximate surface area is 146 Å². The molecule has 0 saturated heterocycles. The van der Waals surface area contributed by atoms with Crippen LogP contribution in [0.25, 0.3) is 0 Å². The fraction of sp³-hybridized carbons (Fsp3) is 0.316. The molecule has 1 amide bonds. The van der Waals surface area contributed by atoms with Crippen molar-refractivity contribution in [3.05, 3.63) is 59.3 Å². The largest absolute Gasteiger partial charge is 0.481 e. The van der Waals surface area contributed by atoms with Gasteiger partial charge in [-0.25, -0.2) is 4.98 Å². The van der Waals surface area contributed by atoms with Gasteiger partial charge in [0.25, 0.3) is 5.91 Å². The third kappa shape index (κ3) is 5.31. The first kappa shape index (κ1) is 18.4. The van der Waals surface area contributed by atoms with Gasteiger partial charge in [0.15, 0.2) is 0 Å². The highest BCUT2D eigenvalue weighted by Crippen LogP contribution is 2.15. The lowest BCUT2D eigenvalue weighted by Gasteiger charge is -2.15. The maximum atomic E-state index is 12.3. The van der Waals surface area contributed by atoms with E-state index in [0.29, 0.717) is 18.6 Å². The molecule has 25 heavy (non-hydrogen) atoms. The predicted molar refractivity (Wildman–Crippen MR) is 93.7 cm³/mol. The average Bonchev–Trinajstić information content (AvgIpc) is 2.59. The highest BCUT2D eigenvalue weighted by Gasteiger charge is 2.21. The number of carbonyl (C=O) groups excluding carboxylic acids is 1. The summed E-state index contributed by atoms with van der Waals surface area (Å²) in [7, 11) is 0. The van der Waals surface area contributed by atoms with Crippen molar-refractivity contribution >= 4 is 11.9 Å². The molecule has 132 valence electrons. The van der Waals surface area contributed by atoms with Crippen LogP contribution < -0.4 is 10.1 Å². The van der Waals surface area contributed by atoms with E-state index in [9.17, 15) is 14.7 Å². The fourth-order valence-corrected chi connectivity index (χ4v) is 2.50. The standard InChI is InChI=1S/C19H22N2O4/c1-3-25-18-16(8-5-9-20-18)17(22)21-12-15(19(23)24)11-14-7-4-6-13(2)10-14/h4-10,15H,3,11-12H2,1-2H3,(H,21,22)(H,23,24). The Morgan fingerprint density at radius 3 is 2.76 bits per heavy atom. The van der Waals surface area contributed by atoms with Gasteiger partial charge in [-0.15, -0.1) is 0 Å². The number of aromatic nitrogens is 1. The minimum atomic E-state index is -0.946. The smallest absolute Gasteiger partial charge is 0.308 e. The number of hydrogen-bond donors (Lipinski definition) is 2. The first-order valence-corrected chi connectivity index (χ1v) is 8.15. The second-order valence-electron chi connectivity index (χ2n) is 5.73. The van der Waals surface area contributed by atoms with Gasteiger partial charge in [0, 0.05) is 12.7 Å². The molecule has 2 rings (SSSR count). The molecule has 2 aromatic rings. The summed E-state index contributed by atoms with van der Waals surface area (Å²) in [5.41, 5.74) is 2.30. The summed E-state index contributed by atoms with van der Waals surface area (Å²) in [6.45, 7) is 4.18. The molecule has 6 heteroatoms. The van der Waals surface area contributed by atoms with Gasteiger partial charge < -0.3 is 15.2 Å². The Balaban J connectivity index is 2.03. The first-order chi connectivity index (χ1) is 12.0. The number of rotatable bonds is 8. The molecule has 6 nitrogen and oxygen atoms in total. The molecule has 0 fully saturated rings. The zero-order valence-electron chi connectivity index (χ0n) is 14.4. The van der Waals surface area contributed by atoms with Crippen LogP contribution in [0.5, 0.6) is 5.88 Å². The molecule has 0 spiro atoms. The monoisotopic (exact) mass is 342 g/mol. The summed E-state index contributed by atoms with van der Waals surface area (Å²) < 4.78 is 5.33. The van der Waals surface area contributed by atoms with Crippen molar-refractivity contribution < 1.29 is 19.4 Å². The SMILES string of the molecule is CCOc1ncccc1C(=O)NCC(Cc1cccc(C)c1)C(=O)O. The number of aryl methyl sites for hydroxylation is 1. The van der Waals surface area contributed by atoms with Gasteiger partial charge in [-0.3, -0.25) is 9.59 Å². The lowest BCUT2D eigenvalue weighted by Crippen LogP contribution is -2.34. The number of hydrogen-bond acceptors (Lipinski definition) is 4. The molecule has 0 aliphatic carbocycles. The van der Waals surface area contributed by atoms with Crippen molar-refractivity contribution in [2.45, 2.75) is 20.3 Å². The number of ether oxygens (including phenoxy) is 1. The van der Waals surface area contributed by atoms with Crippen LogP contribution in [-0.2, 0) is 11.2 Å². The molecule has 1 aromatic carbocycles. The highest BCUT2D eigenvalue weighted by atomic mass is 16.5. The van der Waals surface area contributed by atoms with Crippen molar-refractivity contribution in [2.24, 2.45) is 5.92 Å². The van der Waals surface area contributed by atoms with Gasteiger partial charge in [0.2, 0.25) is 5.88 Å². The van der Waals surface area contributed by atoms with E-state index in [2.05, 4.69) is 10.3 Å². The number of nitrogens with one attached hydrogen (secondary N) is 1. The van der Waals surface area contributed by atoms with Crippen molar-refractivity contribution in [3.8, 4) is 5.88 Å². The Morgan fingerprint density at radius 1 is 1.28 bits per heavy atom. The second-order valence-corrected chi connectivity index (χ2v) is 5.73. The van der Waals surface area contributed by atoms with E-state index in [-0.39, 0.29) is 12.4 Å². The molecule has 0 aliphatic heterocycles. The van der Waals surface area contributed by atoms with Gasteiger partial charge in [0.1, 0.15) is 5.56 Å². The molecule has 0 aliphatic rings. The summed E-state index contributed by atoms with van der Waals surface area (Å²) in [4.78, 5) is 27.9. The van der Waals surface area contributed by atoms with Crippen molar-refractivity contribution in [1.82, 2.24) is 10.3 Å². The molecular formula is C19H22N2O4. The molecule has 1 atom stereocenters. The van der Waals surface area contributed by atoms with Gasteiger partial charge in [-0.2, -0.15) is 0 Å². The van der Waals surface area contributed by atoms with Gasteiger partial charge in [-0.05, 0) is 38.0 Å². The maximum Gasteiger partial charge on any atom is 0.308 e. The molecular weight excluding hydrogens is 320 g/mol. The van der Waals surface area contributed by atoms with E-state index in [4.69, 9.17) is 4.74 Å². The van der Waals surface area contributed by atoms with Crippen LogP contribution in [0.4, 0.5) is 0 Å². The second kappa shape index (κ2) is 8.82. The van der Waals surface area contributed by atoms with Crippen molar-refractivity contribution in [3.63, 3.8) is 0 Å². The number of carboxylic acids is 1. The summed E-state index contributed by atoms with van der Waals surface area (Å²) in [5.74, 6) is -1.81. The van der Waals surface area contributed by atoms with Crippen LogP contribution in [0, 0.1) is 12.8 Å². The lowest BCUT2D eigenvalue weighted by atomic mass is 9.98. The van der Waals surface area contributed by atoms with E-state index >= 15 is 0 Å².